The van der Waals surface area contributed by atoms with Crippen molar-refractivity contribution in [2.45, 2.75) is 6.42 Å². The van der Waals surface area contributed by atoms with Crippen LogP contribution in [-0.2, 0) is 6.42 Å². The molecule has 0 unspecified atom stereocenters. The zero-order valence-electron chi connectivity index (χ0n) is 5.85. The van der Waals surface area contributed by atoms with Gasteiger partial charge >= 0.3 is 0 Å². The van der Waals surface area contributed by atoms with E-state index >= 15 is 0 Å². The molecule has 2 nitrogen and oxygen atoms in total. The Balaban J connectivity index is 2.89. The van der Waals surface area contributed by atoms with Crippen LogP contribution in [0.1, 0.15) is 5.56 Å². The smallest absolute Gasteiger partial charge is 0.131 e. The van der Waals surface area contributed by atoms with Gasteiger partial charge in [0.1, 0.15) is 10.3 Å². The van der Waals surface area contributed by atoms with Crippen LogP contribution in [0, 0.1) is 0 Å². The summed E-state index contributed by atoms with van der Waals surface area (Å²) in [6.07, 6.45) is 0.780. The molecule has 60 valence electrons. The van der Waals surface area contributed by atoms with Gasteiger partial charge in [-0.05, 0) is 30.7 Å². The lowest BCUT2D eigenvalue weighted by Crippen LogP contribution is -2.02. The molecule has 0 radical (unpaired) electrons. The predicted octanol–water partition coefficient (Wildman–Crippen LogP) is 1.89. The van der Waals surface area contributed by atoms with Gasteiger partial charge in [-0.1, -0.05) is 23.2 Å². The second kappa shape index (κ2) is 3.90. The second-order valence-electron chi connectivity index (χ2n) is 2.16. The van der Waals surface area contributed by atoms with Crippen molar-refractivity contribution in [3.63, 3.8) is 0 Å². The van der Waals surface area contributed by atoms with Crippen molar-refractivity contribution < 1.29 is 0 Å². The SMILES string of the molecule is NCCc1cc(Cl)nc(Cl)c1. The van der Waals surface area contributed by atoms with E-state index in [-0.39, 0.29) is 0 Å². The van der Waals surface area contributed by atoms with E-state index in [2.05, 4.69) is 4.98 Å². The summed E-state index contributed by atoms with van der Waals surface area (Å²) < 4.78 is 0. The fourth-order valence-electron chi connectivity index (χ4n) is 0.825. The highest BCUT2D eigenvalue weighted by Crippen LogP contribution is 2.14. The van der Waals surface area contributed by atoms with Gasteiger partial charge in [-0.2, -0.15) is 0 Å². The number of halogens is 2. The standard InChI is InChI=1S/C7H8Cl2N2/c8-6-3-5(1-2-10)4-7(9)11-6/h3-4H,1-2,10H2. The molecule has 0 aliphatic heterocycles. The molecular weight excluding hydrogens is 183 g/mol. The molecule has 0 aliphatic carbocycles. The molecule has 1 aromatic heterocycles. The predicted molar refractivity (Wildman–Crippen MR) is 47.0 cm³/mol. The summed E-state index contributed by atoms with van der Waals surface area (Å²) in [7, 11) is 0. The average molecular weight is 191 g/mol. The maximum Gasteiger partial charge on any atom is 0.131 e. The van der Waals surface area contributed by atoms with Crippen LogP contribution >= 0.6 is 23.2 Å². The lowest BCUT2D eigenvalue weighted by molar-refractivity contribution is 0.964. The quantitative estimate of drug-likeness (QED) is 0.725. The normalized spacial score (nSPS) is 10.1. The average Bonchev–Trinajstić information content (AvgIpc) is 1.85. The topological polar surface area (TPSA) is 38.9 Å². The minimum atomic E-state index is 0.418. The molecule has 11 heavy (non-hydrogen) atoms. The first-order valence-corrected chi connectivity index (χ1v) is 4.00. The molecule has 1 heterocycles. The van der Waals surface area contributed by atoms with Gasteiger partial charge in [-0.15, -0.1) is 0 Å². The van der Waals surface area contributed by atoms with E-state index in [0.29, 0.717) is 16.9 Å². The van der Waals surface area contributed by atoms with Crippen LogP contribution in [0.3, 0.4) is 0 Å². The third kappa shape index (κ3) is 2.66. The fourth-order valence-corrected chi connectivity index (χ4v) is 1.33. The number of nitrogens with zero attached hydrogens (tertiary/aromatic N) is 1. The van der Waals surface area contributed by atoms with E-state index in [0.717, 1.165) is 12.0 Å². The van der Waals surface area contributed by atoms with E-state index < -0.39 is 0 Å². The van der Waals surface area contributed by atoms with E-state index in [9.17, 15) is 0 Å². The minimum Gasteiger partial charge on any atom is -0.330 e. The molecule has 1 aromatic rings. The Bertz CT molecular complexity index is 230. The van der Waals surface area contributed by atoms with Gasteiger partial charge in [0.05, 0.1) is 0 Å². The highest BCUT2D eigenvalue weighted by Gasteiger charge is 1.97. The molecule has 0 spiro atoms. The number of hydrogen-bond acceptors (Lipinski definition) is 2. The van der Waals surface area contributed by atoms with Crippen LogP contribution in [-0.4, -0.2) is 11.5 Å². The van der Waals surface area contributed by atoms with Gasteiger partial charge in [0.2, 0.25) is 0 Å². The minimum absolute atomic E-state index is 0.418. The van der Waals surface area contributed by atoms with Crippen molar-refractivity contribution in [3.8, 4) is 0 Å². The highest BCUT2D eigenvalue weighted by atomic mass is 35.5. The Hall–Kier alpha value is -0.310. The molecule has 0 amide bonds. The summed E-state index contributed by atoms with van der Waals surface area (Å²) in [5.74, 6) is 0. The molecule has 0 atom stereocenters. The largest absolute Gasteiger partial charge is 0.330 e. The Labute approximate surface area is 75.3 Å². The lowest BCUT2D eigenvalue weighted by Gasteiger charge is -1.98. The number of aromatic nitrogens is 1. The molecule has 0 bridgehead atoms. The molecule has 2 N–H and O–H groups in total. The van der Waals surface area contributed by atoms with E-state index in [4.69, 9.17) is 28.9 Å². The van der Waals surface area contributed by atoms with Gasteiger partial charge in [0.25, 0.3) is 0 Å². The summed E-state index contributed by atoms with van der Waals surface area (Å²) in [4.78, 5) is 3.81. The van der Waals surface area contributed by atoms with Crippen LogP contribution in [0.4, 0.5) is 0 Å². The monoisotopic (exact) mass is 190 g/mol. The molecule has 0 saturated carbocycles. The number of rotatable bonds is 2. The van der Waals surface area contributed by atoms with Crippen LogP contribution in [0.25, 0.3) is 0 Å². The van der Waals surface area contributed by atoms with Gasteiger partial charge in [0.15, 0.2) is 0 Å². The lowest BCUT2D eigenvalue weighted by atomic mass is 10.2. The first-order valence-electron chi connectivity index (χ1n) is 3.24. The Morgan fingerprint density at radius 2 is 1.82 bits per heavy atom. The van der Waals surface area contributed by atoms with Crippen LogP contribution in [0.5, 0.6) is 0 Å². The molecule has 4 heteroatoms. The molecule has 0 aromatic carbocycles. The Morgan fingerprint density at radius 3 is 2.27 bits per heavy atom. The highest BCUT2D eigenvalue weighted by molar-refractivity contribution is 6.32. The Morgan fingerprint density at radius 1 is 1.27 bits per heavy atom. The van der Waals surface area contributed by atoms with Crippen LogP contribution in [0.15, 0.2) is 12.1 Å². The van der Waals surface area contributed by atoms with Crippen molar-refractivity contribution in [1.29, 1.82) is 0 Å². The van der Waals surface area contributed by atoms with Crippen molar-refractivity contribution in [2.24, 2.45) is 5.73 Å². The van der Waals surface area contributed by atoms with Gasteiger partial charge in [-0.25, -0.2) is 4.98 Å². The fraction of sp³-hybridized carbons (Fsp3) is 0.286. The summed E-state index contributed by atoms with van der Waals surface area (Å²) >= 11 is 11.3. The molecule has 0 aliphatic rings. The van der Waals surface area contributed by atoms with Gasteiger partial charge in [0, 0.05) is 0 Å². The maximum absolute atomic E-state index is 5.65. The molecule has 0 saturated heterocycles. The van der Waals surface area contributed by atoms with E-state index in [1.807, 2.05) is 0 Å². The third-order valence-electron chi connectivity index (χ3n) is 1.26. The van der Waals surface area contributed by atoms with Crippen LogP contribution < -0.4 is 5.73 Å². The van der Waals surface area contributed by atoms with Crippen molar-refractivity contribution in [1.82, 2.24) is 4.98 Å². The van der Waals surface area contributed by atoms with E-state index in [1.54, 1.807) is 12.1 Å². The van der Waals surface area contributed by atoms with E-state index in [1.165, 1.54) is 0 Å². The first-order chi connectivity index (χ1) is 5.22. The van der Waals surface area contributed by atoms with Gasteiger partial charge < -0.3 is 5.73 Å². The first kappa shape index (κ1) is 8.78. The maximum atomic E-state index is 5.65. The summed E-state index contributed by atoms with van der Waals surface area (Å²) in [6, 6.07) is 3.53. The summed E-state index contributed by atoms with van der Waals surface area (Å²) in [6.45, 7) is 0.594. The Kier molecular flexibility index (Phi) is 3.12. The third-order valence-corrected chi connectivity index (χ3v) is 1.64. The zero-order valence-corrected chi connectivity index (χ0v) is 7.36. The number of hydrogen-bond donors (Lipinski definition) is 1. The van der Waals surface area contributed by atoms with Crippen molar-refractivity contribution in [3.05, 3.63) is 28.0 Å². The summed E-state index contributed by atoms with van der Waals surface area (Å²) in [5.41, 5.74) is 6.38. The summed E-state index contributed by atoms with van der Waals surface area (Å²) in [5, 5.41) is 0.835. The van der Waals surface area contributed by atoms with Crippen molar-refractivity contribution in [2.75, 3.05) is 6.54 Å². The zero-order chi connectivity index (χ0) is 8.27. The molecule has 0 fully saturated rings. The van der Waals surface area contributed by atoms with Crippen LogP contribution in [0.2, 0.25) is 10.3 Å². The van der Waals surface area contributed by atoms with Crippen molar-refractivity contribution >= 4 is 23.2 Å². The second-order valence-corrected chi connectivity index (χ2v) is 2.93. The number of nitrogens with two attached hydrogens (primary N) is 1. The molecular formula is C7H8Cl2N2. The van der Waals surface area contributed by atoms with Gasteiger partial charge in [-0.3, -0.25) is 0 Å². The molecule has 1 rings (SSSR count). The number of pyridine rings is 1.